The third kappa shape index (κ3) is 3.11. The summed E-state index contributed by atoms with van der Waals surface area (Å²) in [6.45, 7) is 0.744. The van der Waals surface area contributed by atoms with Crippen LogP contribution in [0, 0.1) is 0 Å². The molecule has 0 unspecified atom stereocenters. The van der Waals surface area contributed by atoms with Crippen molar-refractivity contribution >= 4 is 21.8 Å². The van der Waals surface area contributed by atoms with Gasteiger partial charge in [0.05, 0.1) is 17.8 Å². The average molecular weight is 362 g/mol. The fraction of sp³-hybridized carbons (Fsp3) is 0.312. The number of fused-ring (bicyclic) bond motifs is 1. The van der Waals surface area contributed by atoms with Gasteiger partial charge in [-0.3, -0.25) is 9.59 Å². The maximum Gasteiger partial charge on any atom is 0.267 e. The van der Waals surface area contributed by atoms with Crippen LogP contribution in [-0.4, -0.2) is 22.2 Å². The van der Waals surface area contributed by atoms with Gasteiger partial charge in [0, 0.05) is 17.1 Å². The first-order valence-corrected chi connectivity index (χ1v) is 8.07. The summed E-state index contributed by atoms with van der Waals surface area (Å²) in [7, 11) is 0. The zero-order chi connectivity index (χ0) is 15.5. The van der Waals surface area contributed by atoms with Gasteiger partial charge in [-0.25, -0.2) is 4.68 Å². The molecule has 0 bridgehead atoms. The summed E-state index contributed by atoms with van der Waals surface area (Å²) < 4.78 is 2.19. The standard InChI is InChI=1S/C16H16BrN3O2/c17-13-6-2-1-5-12(13)16(22)18-8-9-20-15(21)10-11-4-3-7-14(11)19-20/h1-2,5-6,10H,3-4,7-9H2,(H,18,22). The van der Waals surface area contributed by atoms with Crippen LogP contribution in [-0.2, 0) is 19.4 Å². The van der Waals surface area contributed by atoms with Gasteiger partial charge in [-0.2, -0.15) is 5.10 Å². The molecule has 1 aromatic heterocycles. The lowest BCUT2D eigenvalue weighted by atomic mass is 10.2. The molecule has 0 radical (unpaired) electrons. The number of hydrogen-bond acceptors (Lipinski definition) is 3. The van der Waals surface area contributed by atoms with E-state index >= 15 is 0 Å². The third-order valence-electron chi connectivity index (χ3n) is 3.75. The van der Waals surface area contributed by atoms with Crippen LogP contribution in [0.4, 0.5) is 0 Å². The van der Waals surface area contributed by atoms with Gasteiger partial charge in [0.2, 0.25) is 0 Å². The molecule has 0 fully saturated rings. The van der Waals surface area contributed by atoms with E-state index in [9.17, 15) is 9.59 Å². The number of halogens is 1. The van der Waals surface area contributed by atoms with Crippen molar-refractivity contribution in [1.82, 2.24) is 15.1 Å². The zero-order valence-corrected chi connectivity index (χ0v) is 13.6. The largest absolute Gasteiger partial charge is 0.350 e. The number of carbonyl (C=O) groups is 1. The molecular formula is C16H16BrN3O2. The molecule has 1 N–H and O–H groups in total. The zero-order valence-electron chi connectivity index (χ0n) is 12.0. The molecule has 0 saturated carbocycles. The minimum atomic E-state index is -0.165. The van der Waals surface area contributed by atoms with Crippen LogP contribution in [0.2, 0.25) is 0 Å². The van der Waals surface area contributed by atoms with Crippen LogP contribution in [0.5, 0.6) is 0 Å². The number of carbonyl (C=O) groups excluding carboxylic acids is 1. The van der Waals surface area contributed by atoms with E-state index in [2.05, 4.69) is 26.3 Å². The highest BCUT2D eigenvalue weighted by molar-refractivity contribution is 9.10. The van der Waals surface area contributed by atoms with Crippen LogP contribution in [0.25, 0.3) is 0 Å². The highest BCUT2D eigenvalue weighted by Crippen LogP contribution is 2.17. The fourth-order valence-corrected chi connectivity index (χ4v) is 3.08. The molecular weight excluding hydrogens is 346 g/mol. The lowest BCUT2D eigenvalue weighted by molar-refractivity contribution is 0.0951. The number of nitrogens with one attached hydrogen (secondary N) is 1. The van der Waals surface area contributed by atoms with E-state index in [0.717, 1.165) is 35.0 Å². The van der Waals surface area contributed by atoms with Crippen LogP contribution in [0.3, 0.4) is 0 Å². The smallest absolute Gasteiger partial charge is 0.267 e. The van der Waals surface area contributed by atoms with Crippen LogP contribution < -0.4 is 10.9 Å². The Bertz CT molecular complexity index is 770. The molecule has 6 heteroatoms. The summed E-state index contributed by atoms with van der Waals surface area (Å²) in [5, 5.41) is 7.20. The van der Waals surface area contributed by atoms with E-state index in [4.69, 9.17) is 0 Å². The van der Waals surface area contributed by atoms with Crippen molar-refractivity contribution in [2.45, 2.75) is 25.8 Å². The number of amides is 1. The summed E-state index contributed by atoms with van der Waals surface area (Å²) in [4.78, 5) is 24.0. The number of nitrogens with zero attached hydrogens (tertiary/aromatic N) is 2. The van der Waals surface area contributed by atoms with E-state index in [-0.39, 0.29) is 11.5 Å². The third-order valence-corrected chi connectivity index (χ3v) is 4.44. The van der Waals surface area contributed by atoms with Crippen LogP contribution in [0.1, 0.15) is 28.0 Å². The first-order valence-electron chi connectivity index (χ1n) is 7.28. The molecule has 5 nitrogen and oxygen atoms in total. The molecule has 1 aliphatic rings. The van der Waals surface area contributed by atoms with Crippen LogP contribution >= 0.6 is 15.9 Å². The topological polar surface area (TPSA) is 64.0 Å². The summed E-state index contributed by atoms with van der Waals surface area (Å²) in [6.07, 6.45) is 2.93. The highest BCUT2D eigenvalue weighted by atomic mass is 79.9. The Balaban J connectivity index is 1.63. The molecule has 0 spiro atoms. The number of aryl methyl sites for hydroxylation is 2. The molecule has 1 aromatic carbocycles. The van der Waals surface area contributed by atoms with Gasteiger partial charge in [0.1, 0.15) is 0 Å². The second-order valence-corrected chi connectivity index (χ2v) is 6.12. The molecule has 0 saturated heterocycles. The second-order valence-electron chi connectivity index (χ2n) is 5.27. The summed E-state index contributed by atoms with van der Waals surface area (Å²) in [5.41, 5.74) is 2.56. The lowest BCUT2D eigenvalue weighted by Crippen LogP contribution is -2.32. The van der Waals surface area contributed by atoms with Crippen molar-refractivity contribution in [3.8, 4) is 0 Å². The quantitative estimate of drug-likeness (QED) is 0.904. The maximum atomic E-state index is 12.1. The normalized spacial score (nSPS) is 13.0. The van der Waals surface area contributed by atoms with Gasteiger partial charge in [0.25, 0.3) is 11.5 Å². The summed E-state index contributed by atoms with van der Waals surface area (Å²) >= 11 is 3.35. The molecule has 0 aliphatic heterocycles. The fourth-order valence-electron chi connectivity index (χ4n) is 2.62. The first kappa shape index (κ1) is 15.0. The van der Waals surface area contributed by atoms with E-state index in [1.807, 2.05) is 18.2 Å². The molecule has 0 atom stereocenters. The average Bonchev–Trinajstić information content (AvgIpc) is 2.94. The SMILES string of the molecule is O=C(NCCn1nc2c(cc1=O)CCC2)c1ccccc1Br. The van der Waals surface area contributed by atoms with Gasteiger partial charge in [0.15, 0.2) is 0 Å². The monoisotopic (exact) mass is 361 g/mol. The van der Waals surface area contributed by atoms with Crippen molar-refractivity contribution < 1.29 is 4.79 Å². The number of aromatic nitrogens is 2. The summed E-state index contributed by atoms with van der Waals surface area (Å²) in [5.74, 6) is -0.165. The Morgan fingerprint density at radius 1 is 1.32 bits per heavy atom. The van der Waals surface area contributed by atoms with E-state index in [1.54, 1.807) is 12.1 Å². The van der Waals surface area contributed by atoms with Gasteiger partial charge in [-0.05, 0) is 52.9 Å². The van der Waals surface area contributed by atoms with Crippen molar-refractivity contribution in [1.29, 1.82) is 0 Å². The van der Waals surface area contributed by atoms with Crippen molar-refractivity contribution in [2.75, 3.05) is 6.54 Å². The Labute approximate surface area is 136 Å². The van der Waals surface area contributed by atoms with Crippen molar-refractivity contribution in [2.24, 2.45) is 0 Å². The molecule has 114 valence electrons. The van der Waals surface area contributed by atoms with Gasteiger partial charge in [-0.15, -0.1) is 0 Å². The molecule has 1 aliphatic carbocycles. The molecule has 2 aromatic rings. The Morgan fingerprint density at radius 3 is 2.95 bits per heavy atom. The van der Waals surface area contributed by atoms with Gasteiger partial charge in [-0.1, -0.05) is 12.1 Å². The molecule has 22 heavy (non-hydrogen) atoms. The minimum Gasteiger partial charge on any atom is -0.350 e. The van der Waals surface area contributed by atoms with Crippen LogP contribution in [0.15, 0.2) is 39.6 Å². The number of rotatable bonds is 4. The predicted molar refractivity (Wildman–Crippen MR) is 87.0 cm³/mol. The van der Waals surface area contributed by atoms with E-state index < -0.39 is 0 Å². The Hall–Kier alpha value is -1.95. The Kier molecular flexibility index (Phi) is 4.38. The highest BCUT2D eigenvalue weighted by Gasteiger charge is 2.15. The molecule has 1 heterocycles. The minimum absolute atomic E-state index is 0.101. The maximum absolute atomic E-state index is 12.1. The summed E-state index contributed by atoms with van der Waals surface area (Å²) in [6, 6.07) is 8.91. The number of hydrogen-bond donors (Lipinski definition) is 1. The van der Waals surface area contributed by atoms with E-state index in [0.29, 0.717) is 18.7 Å². The first-order chi connectivity index (χ1) is 10.6. The van der Waals surface area contributed by atoms with E-state index in [1.165, 1.54) is 4.68 Å². The van der Waals surface area contributed by atoms with Crippen molar-refractivity contribution in [3.63, 3.8) is 0 Å². The van der Waals surface area contributed by atoms with Gasteiger partial charge >= 0.3 is 0 Å². The molecule has 1 amide bonds. The van der Waals surface area contributed by atoms with Crippen molar-refractivity contribution in [3.05, 3.63) is 62.0 Å². The molecule has 3 rings (SSSR count). The Morgan fingerprint density at radius 2 is 2.14 bits per heavy atom. The second kappa shape index (κ2) is 6.44. The lowest BCUT2D eigenvalue weighted by Gasteiger charge is -2.09. The van der Waals surface area contributed by atoms with Gasteiger partial charge < -0.3 is 5.32 Å². The number of benzene rings is 1. The predicted octanol–water partition coefficient (Wildman–Crippen LogP) is 1.92.